The van der Waals surface area contributed by atoms with Crippen LogP contribution in [0.25, 0.3) is 0 Å². The summed E-state index contributed by atoms with van der Waals surface area (Å²) in [5.74, 6) is 9.03. The molecular weight excluding hydrogens is 274 g/mol. The third-order valence-electron chi connectivity index (χ3n) is 1.78. The van der Waals surface area contributed by atoms with Crippen LogP contribution in [0.4, 0.5) is 4.79 Å². The Morgan fingerprint density at radius 2 is 1.76 bits per heavy atom. The van der Waals surface area contributed by atoms with Gasteiger partial charge >= 0.3 is 12.1 Å². The Bertz CT molecular complexity index is 508. The first kappa shape index (κ1) is 18.6. The Hall–Kier alpha value is -2.44. The van der Waals surface area contributed by atoms with Gasteiger partial charge < -0.3 is 14.9 Å². The van der Waals surface area contributed by atoms with Crippen LogP contribution in [0.1, 0.15) is 20.8 Å². The van der Waals surface area contributed by atoms with Gasteiger partial charge in [-0.1, -0.05) is 23.7 Å². The highest BCUT2D eigenvalue weighted by molar-refractivity contribution is 5.77. The maximum Gasteiger partial charge on any atom is 0.411 e. The van der Waals surface area contributed by atoms with Gasteiger partial charge in [0.2, 0.25) is 0 Å². The van der Waals surface area contributed by atoms with Gasteiger partial charge in [-0.05, 0) is 32.9 Å². The average Bonchev–Trinajstić information content (AvgIpc) is 2.33. The van der Waals surface area contributed by atoms with E-state index < -0.39 is 24.2 Å². The summed E-state index contributed by atoms with van der Waals surface area (Å²) in [6.07, 6.45) is 2.15. The van der Waals surface area contributed by atoms with Crippen LogP contribution >= 0.6 is 0 Å². The number of allylic oxidation sites excluding steroid dienone is 2. The highest BCUT2D eigenvalue weighted by Crippen LogP contribution is 2.09. The summed E-state index contributed by atoms with van der Waals surface area (Å²) in [6.45, 7) is 4.29. The van der Waals surface area contributed by atoms with Crippen molar-refractivity contribution < 1.29 is 24.5 Å². The molecule has 0 fully saturated rings. The van der Waals surface area contributed by atoms with E-state index in [4.69, 9.17) is 14.9 Å². The van der Waals surface area contributed by atoms with Crippen LogP contribution in [-0.4, -0.2) is 52.5 Å². The Morgan fingerprint density at radius 1 is 1.19 bits per heavy atom. The topological polar surface area (TPSA) is 87.1 Å². The van der Waals surface area contributed by atoms with E-state index in [-0.39, 0.29) is 13.2 Å². The lowest BCUT2D eigenvalue weighted by Crippen LogP contribution is -2.40. The van der Waals surface area contributed by atoms with Crippen LogP contribution in [-0.2, 0) is 9.53 Å². The van der Waals surface area contributed by atoms with Crippen molar-refractivity contribution in [1.82, 2.24) is 4.90 Å². The molecule has 0 aromatic heterocycles. The minimum atomic E-state index is -1.15. The van der Waals surface area contributed by atoms with Gasteiger partial charge in [0, 0.05) is 0 Å². The molecule has 1 amide bonds. The molecule has 6 nitrogen and oxygen atoms in total. The van der Waals surface area contributed by atoms with Crippen molar-refractivity contribution in [2.24, 2.45) is 0 Å². The van der Waals surface area contributed by atoms with Crippen molar-refractivity contribution in [2.75, 3.05) is 19.7 Å². The molecule has 21 heavy (non-hydrogen) atoms. The lowest BCUT2D eigenvalue weighted by atomic mass is 10.2. The fourth-order valence-corrected chi connectivity index (χ4v) is 1.06. The number of rotatable bonds is 3. The summed E-state index contributed by atoms with van der Waals surface area (Å²) >= 11 is 0. The maximum atomic E-state index is 11.8. The van der Waals surface area contributed by atoms with Crippen LogP contribution in [0.2, 0.25) is 0 Å². The van der Waals surface area contributed by atoms with E-state index in [1.807, 2.05) is 0 Å². The number of amides is 1. The van der Waals surface area contributed by atoms with Crippen molar-refractivity contribution in [3.63, 3.8) is 0 Å². The van der Waals surface area contributed by atoms with Crippen molar-refractivity contribution in [2.45, 2.75) is 26.4 Å². The number of carboxylic acids is 1. The Kier molecular flexibility index (Phi) is 8.36. The molecule has 0 aromatic carbocycles. The number of carbonyl (C=O) groups is 2. The SMILES string of the molecule is CC(C)(C)OC(=O)N(CC#C/C=C\C#CCO)CC(=O)O. The number of aliphatic hydroxyl groups is 1. The van der Waals surface area contributed by atoms with E-state index in [0.717, 1.165) is 4.90 Å². The van der Waals surface area contributed by atoms with Crippen molar-refractivity contribution in [3.05, 3.63) is 12.2 Å². The number of carboxylic acid groups (broad SMARTS) is 1. The number of hydrogen-bond donors (Lipinski definition) is 2. The average molecular weight is 293 g/mol. The standard InChI is InChI=1S/C15H19NO5/c1-15(2,3)21-14(20)16(12-13(18)19)10-8-6-4-5-7-9-11-17/h4-5,17H,10-12H2,1-3H3,(H,18,19)/b5-4-. The summed E-state index contributed by atoms with van der Waals surface area (Å²) in [7, 11) is 0. The molecule has 0 aliphatic carbocycles. The van der Waals surface area contributed by atoms with Gasteiger partial charge in [-0.25, -0.2) is 4.79 Å². The molecule has 0 atom stereocenters. The van der Waals surface area contributed by atoms with Gasteiger partial charge in [0.1, 0.15) is 18.8 Å². The first-order valence-electron chi connectivity index (χ1n) is 6.18. The van der Waals surface area contributed by atoms with E-state index in [1.165, 1.54) is 12.2 Å². The third-order valence-corrected chi connectivity index (χ3v) is 1.78. The summed E-state index contributed by atoms with van der Waals surface area (Å²) in [5.41, 5.74) is -0.707. The van der Waals surface area contributed by atoms with E-state index in [0.29, 0.717) is 0 Å². The van der Waals surface area contributed by atoms with Crippen LogP contribution in [0, 0.1) is 23.7 Å². The third kappa shape index (κ3) is 11.1. The Balaban J connectivity index is 4.64. The molecule has 0 aliphatic rings. The van der Waals surface area contributed by atoms with E-state index in [1.54, 1.807) is 20.8 Å². The van der Waals surface area contributed by atoms with E-state index >= 15 is 0 Å². The monoisotopic (exact) mass is 293 g/mol. The second-order valence-electron chi connectivity index (χ2n) is 4.86. The van der Waals surface area contributed by atoms with Crippen LogP contribution < -0.4 is 0 Å². The zero-order valence-corrected chi connectivity index (χ0v) is 12.3. The molecule has 0 bridgehead atoms. The summed E-state index contributed by atoms with van der Waals surface area (Å²) in [4.78, 5) is 23.5. The summed E-state index contributed by atoms with van der Waals surface area (Å²) < 4.78 is 5.10. The van der Waals surface area contributed by atoms with Gasteiger partial charge in [-0.15, -0.1) is 0 Å². The van der Waals surface area contributed by atoms with E-state index in [2.05, 4.69) is 23.7 Å². The molecule has 6 heteroatoms. The van der Waals surface area contributed by atoms with Crippen LogP contribution in [0.15, 0.2) is 12.2 Å². The molecule has 0 rings (SSSR count). The number of carbonyl (C=O) groups excluding carboxylic acids is 1. The molecule has 0 spiro atoms. The van der Waals surface area contributed by atoms with E-state index in [9.17, 15) is 9.59 Å². The fraction of sp³-hybridized carbons (Fsp3) is 0.467. The molecule has 0 aromatic rings. The van der Waals surface area contributed by atoms with Crippen molar-refractivity contribution in [3.8, 4) is 23.7 Å². The minimum absolute atomic E-state index is 0.0705. The predicted molar refractivity (Wildman–Crippen MR) is 77.2 cm³/mol. The summed E-state index contributed by atoms with van der Waals surface area (Å²) in [6, 6.07) is 0. The molecule has 0 aliphatic heterocycles. The van der Waals surface area contributed by atoms with Crippen molar-refractivity contribution >= 4 is 12.1 Å². The number of aliphatic hydroxyl groups excluding tert-OH is 1. The molecule has 0 heterocycles. The molecular formula is C15H19NO5. The minimum Gasteiger partial charge on any atom is -0.480 e. The Labute approximate surface area is 124 Å². The number of ether oxygens (including phenoxy) is 1. The lowest BCUT2D eigenvalue weighted by molar-refractivity contribution is -0.138. The molecule has 0 saturated carbocycles. The lowest BCUT2D eigenvalue weighted by Gasteiger charge is -2.25. The smallest absolute Gasteiger partial charge is 0.411 e. The number of aliphatic carboxylic acids is 1. The van der Waals surface area contributed by atoms with Crippen LogP contribution in [0.5, 0.6) is 0 Å². The summed E-state index contributed by atoms with van der Waals surface area (Å²) in [5, 5.41) is 17.2. The normalized spacial score (nSPS) is 10.1. The van der Waals surface area contributed by atoms with Gasteiger partial charge in [-0.3, -0.25) is 9.69 Å². The van der Waals surface area contributed by atoms with Crippen LogP contribution in [0.3, 0.4) is 0 Å². The second kappa shape index (κ2) is 9.46. The number of hydrogen-bond acceptors (Lipinski definition) is 4. The quantitative estimate of drug-likeness (QED) is 0.754. The molecule has 0 radical (unpaired) electrons. The number of nitrogens with zero attached hydrogens (tertiary/aromatic N) is 1. The maximum absolute atomic E-state index is 11.8. The first-order chi connectivity index (χ1) is 9.76. The zero-order chi connectivity index (χ0) is 16.3. The second-order valence-corrected chi connectivity index (χ2v) is 4.86. The highest BCUT2D eigenvalue weighted by Gasteiger charge is 2.23. The fourth-order valence-electron chi connectivity index (χ4n) is 1.06. The Morgan fingerprint density at radius 3 is 2.24 bits per heavy atom. The van der Waals surface area contributed by atoms with Crippen molar-refractivity contribution in [1.29, 1.82) is 0 Å². The zero-order valence-electron chi connectivity index (χ0n) is 12.3. The van der Waals surface area contributed by atoms with Gasteiger partial charge in [0.05, 0.1) is 6.54 Å². The van der Waals surface area contributed by atoms with Gasteiger partial charge in [-0.2, -0.15) is 0 Å². The largest absolute Gasteiger partial charge is 0.480 e. The first-order valence-corrected chi connectivity index (χ1v) is 6.18. The highest BCUT2D eigenvalue weighted by atomic mass is 16.6. The molecule has 0 unspecified atom stereocenters. The van der Waals surface area contributed by atoms with Gasteiger partial charge in [0.25, 0.3) is 0 Å². The predicted octanol–water partition coefficient (Wildman–Crippen LogP) is 0.863. The molecule has 114 valence electrons. The molecule has 2 N–H and O–H groups in total. The van der Waals surface area contributed by atoms with Gasteiger partial charge in [0.15, 0.2) is 0 Å². The molecule has 0 saturated heterocycles.